The highest BCUT2D eigenvalue weighted by Gasteiger charge is 2.56. The molecule has 5 heteroatoms. The highest BCUT2D eigenvalue weighted by molar-refractivity contribution is 6.34. The Hall–Kier alpha value is -1.26. The third-order valence-electron chi connectivity index (χ3n) is 2.76. The second kappa shape index (κ2) is 3.40. The number of esters is 1. The van der Waals surface area contributed by atoms with Crippen LogP contribution >= 0.6 is 0 Å². The van der Waals surface area contributed by atoms with Crippen molar-refractivity contribution in [2.24, 2.45) is 0 Å². The molecule has 1 aliphatic rings. The van der Waals surface area contributed by atoms with Crippen LogP contribution in [0.4, 0.5) is 0 Å². The normalized spacial score (nSPS) is 17.5. The molecule has 2 radical (unpaired) electrons. The fourth-order valence-corrected chi connectivity index (χ4v) is 1.64. The van der Waals surface area contributed by atoms with Crippen LogP contribution in [0.2, 0.25) is 0 Å². The van der Waals surface area contributed by atoms with Gasteiger partial charge in [0.2, 0.25) is 0 Å². The molecule has 0 amide bonds. The number of hydrogen-bond acceptors (Lipinski definition) is 4. The first-order valence-electron chi connectivity index (χ1n) is 5.01. The van der Waals surface area contributed by atoms with Gasteiger partial charge in [-0.15, -0.1) is 0 Å². The Kier molecular flexibility index (Phi) is 2.33. The molecule has 0 aliphatic heterocycles. The third kappa shape index (κ3) is 1.46. The maximum Gasteiger partial charge on any atom is 0.319 e. The molecule has 0 N–H and O–H groups in total. The molecule has 4 nitrogen and oxygen atoms in total. The highest BCUT2D eigenvalue weighted by atomic mass is 16.5. The van der Waals surface area contributed by atoms with E-state index in [1.165, 1.54) is 0 Å². The third-order valence-corrected chi connectivity index (χ3v) is 2.76. The summed E-state index contributed by atoms with van der Waals surface area (Å²) >= 11 is 0. The molecule has 78 valence electrons. The van der Waals surface area contributed by atoms with Crippen LogP contribution in [0.5, 0.6) is 0 Å². The minimum absolute atomic E-state index is 0.257. The van der Waals surface area contributed by atoms with Crippen molar-refractivity contribution in [3.05, 3.63) is 11.5 Å². The Balaban J connectivity index is 2.30. The summed E-state index contributed by atoms with van der Waals surface area (Å²) in [7, 11) is 5.80. The topological polar surface area (TPSA) is 52.3 Å². The number of carbonyl (C=O) groups is 1. The SMILES string of the molecule is [B]c1c(C)noc1C1(C(=O)OCC)CC1. The first-order chi connectivity index (χ1) is 7.12. The van der Waals surface area contributed by atoms with Gasteiger partial charge in [0.05, 0.1) is 12.3 Å². The molecule has 1 aliphatic carbocycles. The molecular weight excluding hydrogens is 193 g/mol. The summed E-state index contributed by atoms with van der Waals surface area (Å²) in [5, 5.41) is 3.76. The minimum atomic E-state index is -0.651. The maximum absolute atomic E-state index is 11.7. The van der Waals surface area contributed by atoms with Gasteiger partial charge in [0, 0.05) is 0 Å². The summed E-state index contributed by atoms with van der Waals surface area (Å²) in [6.45, 7) is 3.90. The van der Waals surface area contributed by atoms with Crippen molar-refractivity contribution < 1.29 is 14.1 Å². The summed E-state index contributed by atoms with van der Waals surface area (Å²) in [6.07, 6.45) is 1.45. The van der Waals surface area contributed by atoms with Gasteiger partial charge in [-0.2, -0.15) is 0 Å². The number of aromatic nitrogens is 1. The monoisotopic (exact) mass is 205 g/mol. The number of nitrogens with zero attached hydrogens (tertiary/aromatic N) is 1. The van der Waals surface area contributed by atoms with Crippen LogP contribution in [0.1, 0.15) is 31.2 Å². The van der Waals surface area contributed by atoms with Crippen molar-refractivity contribution in [2.75, 3.05) is 6.61 Å². The highest BCUT2D eigenvalue weighted by Crippen LogP contribution is 2.48. The standard InChI is InChI=1S/C10H12BNO3/c1-3-14-9(13)10(4-5-10)8-7(11)6(2)12-15-8/h3-5H2,1-2H3. The Morgan fingerprint density at radius 1 is 1.67 bits per heavy atom. The molecule has 1 saturated carbocycles. The van der Waals surface area contributed by atoms with Crippen LogP contribution in [-0.4, -0.2) is 25.6 Å². The van der Waals surface area contributed by atoms with Crippen molar-refractivity contribution in [3.8, 4) is 0 Å². The molecule has 1 aromatic heterocycles. The second-order valence-corrected chi connectivity index (χ2v) is 3.81. The Morgan fingerprint density at radius 3 is 2.73 bits per heavy atom. The predicted molar refractivity (Wildman–Crippen MR) is 54.2 cm³/mol. The fraction of sp³-hybridized carbons (Fsp3) is 0.600. The molecular formula is C10H12BNO3. The van der Waals surface area contributed by atoms with Crippen molar-refractivity contribution in [3.63, 3.8) is 0 Å². The van der Waals surface area contributed by atoms with E-state index in [0.717, 1.165) is 12.8 Å². The van der Waals surface area contributed by atoms with Gasteiger partial charge in [0.1, 0.15) is 19.0 Å². The van der Waals surface area contributed by atoms with Gasteiger partial charge < -0.3 is 9.26 Å². The number of ether oxygens (including phenoxy) is 1. The second-order valence-electron chi connectivity index (χ2n) is 3.81. The average molecular weight is 205 g/mol. The van der Waals surface area contributed by atoms with E-state index in [1.54, 1.807) is 13.8 Å². The Labute approximate surface area is 89.4 Å². The van der Waals surface area contributed by atoms with E-state index < -0.39 is 5.41 Å². The van der Waals surface area contributed by atoms with E-state index >= 15 is 0 Å². The Morgan fingerprint density at radius 2 is 2.33 bits per heavy atom. The van der Waals surface area contributed by atoms with Crippen molar-refractivity contribution >= 4 is 19.3 Å². The van der Waals surface area contributed by atoms with Gasteiger partial charge >= 0.3 is 5.97 Å². The fourth-order valence-electron chi connectivity index (χ4n) is 1.64. The largest absolute Gasteiger partial charge is 0.465 e. The summed E-state index contributed by atoms with van der Waals surface area (Å²) in [6, 6.07) is 0. The van der Waals surface area contributed by atoms with E-state index in [-0.39, 0.29) is 5.97 Å². The van der Waals surface area contributed by atoms with E-state index in [0.29, 0.717) is 23.5 Å². The van der Waals surface area contributed by atoms with Crippen LogP contribution in [0.3, 0.4) is 0 Å². The molecule has 0 atom stereocenters. The number of rotatable bonds is 3. The molecule has 0 unspecified atom stereocenters. The molecule has 1 heterocycles. The van der Waals surface area contributed by atoms with Crippen LogP contribution in [0.15, 0.2) is 4.52 Å². The molecule has 1 fully saturated rings. The van der Waals surface area contributed by atoms with Crippen LogP contribution in [-0.2, 0) is 14.9 Å². The zero-order valence-corrected chi connectivity index (χ0v) is 8.87. The lowest BCUT2D eigenvalue weighted by Crippen LogP contribution is -2.28. The summed E-state index contributed by atoms with van der Waals surface area (Å²) < 4.78 is 10.1. The van der Waals surface area contributed by atoms with Gasteiger partial charge in [-0.25, -0.2) is 0 Å². The van der Waals surface area contributed by atoms with E-state index in [4.69, 9.17) is 17.1 Å². The lowest BCUT2D eigenvalue weighted by molar-refractivity contribution is -0.146. The molecule has 0 spiro atoms. The van der Waals surface area contributed by atoms with E-state index in [9.17, 15) is 4.79 Å². The maximum atomic E-state index is 11.7. The van der Waals surface area contributed by atoms with Gasteiger partial charge in [-0.05, 0) is 32.2 Å². The molecule has 2 rings (SSSR count). The number of hydrogen-bond donors (Lipinski definition) is 0. The quantitative estimate of drug-likeness (QED) is 0.528. The zero-order valence-electron chi connectivity index (χ0n) is 8.87. The van der Waals surface area contributed by atoms with Gasteiger partial charge in [-0.1, -0.05) is 5.16 Å². The smallest absolute Gasteiger partial charge is 0.319 e. The number of carbonyl (C=O) groups excluding carboxylic acids is 1. The lowest BCUT2D eigenvalue weighted by atomic mass is 9.87. The van der Waals surface area contributed by atoms with Crippen molar-refractivity contribution in [1.82, 2.24) is 5.16 Å². The van der Waals surface area contributed by atoms with Gasteiger partial charge in [0.25, 0.3) is 0 Å². The van der Waals surface area contributed by atoms with E-state index in [1.807, 2.05) is 0 Å². The van der Waals surface area contributed by atoms with Crippen LogP contribution < -0.4 is 5.46 Å². The van der Waals surface area contributed by atoms with Gasteiger partial charge in [-0.3, -0.25) is 4.79 Å². The Bertz CT molecular complexity index is 395. The first-order valence-corrected chi connectivity index (χ1v) is 5.01. The minimum Gasteiger partial charge on any atom is -0.465 e. The molecule has 15 heavy (non-hydrogen) atoms. The molecule has 1 aromatic rings. The summed E-state index contributed by atoms with van der Waals surface area (Å²) in [5.41, 5.74) is 0.447. The van der Waals surface area contributed by atoms with Crippen LogP contribution in [0, 0.1) is 6.92 Å². The summed E-state index contributed by atoms with van der Waals surface area (Å²) in [5.74, 6) is 0.214. The lowest BCUT2D eigenvalue weighted by Gasteiger charge is -2.11. The first kappa shape index (κ1) is 10.3. The predicted octanol–water partition coefficient (Wildman–Crippen LogP) is 0.372. The molecule has 0 bridgehead atoms. The van der Waals surface area contributed by atoms with Crippen molar-refractivity contribution in [1.29, 1.82) is 0 Å². The average Bonchev–Trinajstić information content (AvgIpc) is 2.93. The summed E-state index contributed by atoms with van der Waals surface area (Å²) in [4.78, 5) is 11.7. The van der Waals surface area contributed by atoms with E-state index in [2.05, 4.69) is 5.16 Å². The van der Waals surface area contributed by atoms with Crippen LogP contribution in [0.25, 0.3) is 0 Å². The zero-order chi connectivity index (χ0) is 11.1. The number of aryl methyl sites for hydroxylation is 1. The molecule has 0 aromatic carbocycles. The molecule has 0 saturated heterocycles. The van der Waals surface area contributed by atoms with Gasteiger partial charge in [0.15, 0.2) is 0 Å². The van der Waals surface area contributed by atoms with Crippen molar-refractivity contribution in [2.45, 2.75) is 32.1 Å².